The second-order valence-corrected chi connectivity index (χ2v) is 8.48. The summed E-state index contributed by atoms with van der Waals surface area (Å²) in [4.78, 5) is 48.5. The molecule has 3 N–H and O–H groups in total. The third kappa shape index (κ3) is 3.15. The number of ether oxygens (including phenoxy) is 1. The molecule has 2 aliphatic heterocycles. The minimum Gasteiger partial charge on any atom is -0.497 e. The topological polar surface area (TPSA) is 139 Å². The van der Waals surface area contributed by atoms with Crippen LogP contribution in [0.25, 0.3) is 11.1 Å². The molecule has 1 saturated carbocycles. The van der Waals surface area contributed by atoms with Crippen LogP contribution >= 0.6 is 0 Å². The summed E-state index contributed by atoms with van der Waals surface area (Å²) in [5.41, 5.74) is 0.00797. The van der Waals surface area contributed by atoms with Gasteiger partial charge in [0.15, 0.2) is 5.54 Å². The number of furan rings is 1. The molecule has 1 aromatic carbocycles. The predicted octanol–water partition coefficient (Wildman–Crippen LogP) is 1.50. The lowest BCUT2D eigenvalue weighted by atomic mass is 9.95. The lowest BCUT2D eigenvalue weighted by molar-refractivity contribution is -0.125. The van der Waals surface area contributed by atoms with Gasteiger partial charge in [0.05, 0.1) is 19.0 Å². The summed E-state index contributed by atoms with van der Waals surface area (Å²) >= 11 is 0. The van der Waals surface area contributed by atoms with Crippen molar-refractivity contribution in [3.63, 3.8) is 0 Å². The molecule has 11 heteroatoms. The number of benzene rings is 1. The Morgan fingerprint density at radius 3 is 2.85 bits per heavy atom. The Hall–Kier alpha value is -4.15. The van der Waals surface area contributed by atoms with E-state index in [-0.39, 0.29) is 23.9 Å². The lowest BCUT2D eigenvalue weighted by Crippen LogP contribution is -2.52. The van der Waals surface area contributed by atoms with Gasteiger partial charge < -0.3 is 24.7 Å². The summed E-state index contributed by atoms with van der Waals surface area (Å²) in [7, 11) is 1.53. The van der Waals surface area contributed by atoms with E-state index in [1.807, 2.05) is 6.07 Å². The van der Waals surface area contributed by atoms with Crippen molar-refractivity contribution in [3.8, 4) is 5.75 Å². The van der Waals surface area contributed by atoms with E-state index in [4.69, 9.17) is 9.15 Å². The van der Waals surface area contributed by atoms with E-state index < -0.39 is 17.5 Å². The summed E-state index contributed by atoms with van der Waals surface area (Å²) in [6.45, 7) is 0.180. The fourth-order valence-corrected chi connectivity index (χ4v) is 4.26. The number of imide groups is 1. The standard InChI is InChI=1S/C22H20N6O5/c1-32-14-5-2-11-9-28(18(29)15(11)7-14)10-22(19(30)26-21(31)27-22)16-6-12-8-23-20(24-13-3-4-13)25-17(12)33-16/h2,5-8,13H,3-4,9-10H2,1H3,(H,23,24,25)(H2,26,27,30,31). The third-order valence-corrected chi connectivity index (χ3v) is 6.17. The zero-order valence-electron chi connectivity index (χ0n) is 17.7. The molecule has 1 unspecified atom stereocenters. The first kappa shape index (κ1) is 19.5. The first-order valence-corrected chi connectivity index (χ1v) is 10.6. The first-order chi connectivity index (χ1) is 15.9. The molecule has 0 radical (unpaired) electrons. The van der Waals surface area contributed by atoms with Crippen molar-refractivity contribution < 1.29 is 23.5 Å². The van der Waals surface area contributed by atoms with Gasteiger partial charge in [-0.05, 0) is 36.6 Å². The molecule has 1 atom stereocenters. The van der Waals surface area contributed by atoms with Crippen LogP contribution in [0.1, 0.15) is 34.5 Å². The summed E-state index contributed by atoms with van der Waals surface area (Å²) in [6, 6.07) is 6.59. The highest BCUT2D eigenvalue weighted by molar-refractivity contribution is 6.08. The minimum atomic E-state index is -1.59. The van der Waals surface area contributed by atoms with Gasteiger partial charge in [-0.15, -0.1) is 0 Å². The van der Waals surface area contributed by atoms with E-state index in [1.54, 1.807) is 24.4 Å². The minimum absolute atomic E-state index is 0.110. The number of carbonyl (C=O) groups is 3. The van der Waals surface area contributed by atoms with Crippen LogP contribution in [0.2, 0.25) is 0 Å². The molecular weight excluding hydrogens is 428 g/mol. The largest absolute Gasteiger partial charge is 0.497 e. The number of hydrogen-bond donors (Lipinski definition) is 3. The quantitative estimate of drug-likeness (QED) is 0.482. The van der Waals surface area contributed by atoms with E-state index in [0.29, 0.717) is 35.2 Å². The molecule has 6 rings (SSSR count). The number of fused-ring (bicyclic) bond motifs is 2. The van der Waals surface area contributed by atoms with Gasteiger partial charge in [0.2, 0.25) is 11.7 Å². The monoisotopic (exact) mass is 448 g/mol. The highest BCUT2D eigenvalue weighted by Gasteiger charge is 2.53. The normalized spacial score (nSPS) is 21.8. The van der Waals surface area contributed by atoms with Crippen molar-refractivity contribution in [2.45, 2.75) is 31.0 Å². The van der Waals surface area contributed by atoms with Crippen molar-refractivity contribution >= 4 is 34.9 Å². The van der Waals surface area contributed by atoms with E-state index in [2.05, 4.69) is 25.9 Å². The average molecular weight is 448 g/mol. The first-order valence-electron chi connectivity index (χ1n) is 10.6. The Morgan fingerprint density at radius 1 is 1.27 bits per heavy atom. The number of nitrogens with zero attached hydrogens (tertiary/aromatic N) is 3. The van der Waals surface area contributed by atoms with E-state index in [1.165, 1.54) is 12.0 Å². The molecular formula is C22H20N6O5. The Morgan fingerprint density at radius 2 is 2.12 bits per heavy atom. The van der Waals surface area contributed by atoms with Gasteiger partial charge >= 0.3 is 6.03 Å². The van der Waals surface area contributed by atoms with Gasteiger partial charge in [-0.1, -0.05) is 6.07 Å². The van der Waals surface area contributed by atoms with Gasteiger partial charge in [-0.2, -0.15) is 4.98 Å². The number of hydrogen-bond acceptors (Lipinski definition) is 8. The van der Waals surface area contributed by atoms with Crippen molar-refractivity contribution in [2.75, 3.05) is 19.0 Å². The van der Waals surface area contributed by atoms with E-state index in [9.17, 15) is 14.4 Å². The second-order valence-electron chi connectivity index (χ2n) is 8.48. The number of aromatic nitrogens is 2. The SMILES string of the molecule is COc1ccc2c(c1)C(=O)N(CC1(c3cc4cnc(NC5CC5)nc4o3)NC(=O)NC1=O)C2. The average Bonchev–Trinajstić information content (AvgIpc) is 3.31. The molecule has 33 heavy (non-hydrogen) atoms. The van der Waals surface area contributed by atoms with E-state index in [0.717, 1.165) is 18.4 Å². The molecule has 1 saturated heterocycles. The number of nitrogens with one attached hydrogen (secondary N) is 3. The maximum absolute atomic E-state index is 13.1. The fourth-order valence-electron chi connectivity index (χ4n) is 4.26. The molecule has 4 amide bonds. The third-order valence-electron chi connectivity index (χ3n) is 6.17. The molecule has 0 spiro atoms. The van der Waals surface area contributed by atoms with Gasteiger partial charge in [0.25, 0.3) is 11.8 Å². The molecule has 168 valence electrons. The predicted molar refractivity (Wildman–Crippen MR) is 115 cm³/mol. The zero-order valence-corrected chi connectivity index (χ0v) is 17.7. The maximum atomic E-state index is 13.1. The Balaban J connectivity index is 1.36. The molecule has 11 nitrogen and oxygen atoms in total. The van der Waals surface area contributed by atoms with Crippen LogP contribution in [0.4, 0.5) is 10.7 Å². The van der Waals surface area contributed by atoms with Crippen molar-refractivity contribution in [1.82, 2.24) is 25.5 Å². The van der Waals surface area contributed by atoms with Crippen LogP contribution in [0, 0.1) is 0 Å². The number of amides is 4. The number of methoxy groups -OCH3 is 1. The summed E-state index contributed by atoms with van der Waals surface area (Å²) in [6.07, 6.45) is 3.74. The molecule has 4 heterocycles. The Kier molecular flexibility index (Phi) is 4.10. The van der Waals surface area contributed by atoms with Crippen molar-refractivity contribution in [2.24, 2.45) is 0 Å². The molecule has 1 aliphatic carbocycles. The van der Waals surface area contributed by atoms with Gasteiger partial charge in [0.1, 0.15) is 11.5 Å². The smallest absolute Gasteiger partial charge is 0.322 e. The summed E-state index contributed by atoms with van der Waals surface area (Å²) in [5.74, 6) is 0.331. The number of anilines is 1. The van der Waals surface area contributed by atoms with Crippen LogP contribution in [0.15, 0.2) is 34.9 Å². The van der Waals surface area contributed by atoms with E-state index >= 15 is 0 Å². The van der Waals surface area contributed by atoms with Crippen molar-refractivity contribution in [1.29, 1.82) is 0 Å². The molecule has 0 bridgehead atoms. The number of rotatable bonds is 6. The highest BCUT2D eigenvalue weighted by Crippen LogP contribution is 2.35. The van der Waals surface area contributed by atoms with Gasteiger partial charge in [-0.3, -0.25) is 14.9 Å². The summed E-state index contributed by atoms with van der Waals surface area (Å²) < 4.78 is 11.2. The molecule has 2 fully saturated rings. The highest BCUT2D eigenvalue weighted by atomic mass is 16.5. The molecule has 3 aromatic rings. The Bertz CT molecular complexity index is 1330. The number of carbonyl (C=O) groups excluding carboxylic acids is 3. The second kappa shape index (κ2) is 6.92. The van der Waals surface area contributed by atoms with Crippen LogP contribution in [-0.2, 0) is 16.9 Å². The number of urea groups is 1. The van der Waals surface area contributed by atoms with Gasteiger partial charge in [0, 0.05) is 24.3 Å². The zero-order chi connectivity index (χ0) is 22.7. The van der Waals surface area contributed by atoms with Crippen LogP contribution in [0.5, 0.6) is 5.75 Å². The Labute approximate surface area is 187 Å². The van der Waals surface area contributed by atoms with Crippen molar-refractivity contribution in [3.05, 3.63) is 47.3 Å². The summed E-state index contributed by atoms with van der Waals surface area (Å²) in [5, 5.41) is 8.73. The van der Waals surface area contributed by atoms with Crippen LogP contribution in [0.3, 0.4) is 0 Å². The maximum Gasteiger partial charge on any atom is 0.322 e. The van der Waals surface area contributed by atoms with Gasteiger partial charge in [-0.25, -0.2) is 9.78 Å². The lowest BCUT2D eigenvalue weighted by Gasteiger charge is -2.28. The fraction of sp³-hybridized carbons (Fsp3) is 0.318. The molecule has 2 aromatic heterocycles. The van der Waals surface area contributed by atoms with Crippen LogP contribution < -0.4 is 20.7 Å². The van der Waals surface area contributed by atoms with Crippen LogP contribution in [-0.4, -0.2) is 52.4 Å². The molecule has 3 aliphatic rings.